The van der Waals surface area contributed by atoms with E-state index in [1.165, 1.54) is 0 Å². The van der Waals surface area contributed by atoms with E-state index in [4.69, 9.17) is 41.4 Å². The fourth-order valence-electron chi connectivity index (χ4n) is 4.76. The third-order valence-electron chi connectivity index (χ3n) is 7.30. The van der Waals surface area contributed by atoms with Crippen LogP contribution in [0.5, 0.6) is 0 Å². The zero-order valence-corrected chi connectivity index (χ0v) is 36.2. The summed E-state index contributed by atoms with van der Waals surface area (Å²) in [6, 6.07) is 0. The zero-order chi connectivity index (χ0) is 40.8. The Morgan fingerprint density at radius 1 is 0.444 bits per heavy atom. The maximum atomic E-state index is 12.6. The number of rotatable bonds is 37. The maximum absolute atomic E-state index is 12.6. The smallest absolute Gasteiger partial charge is 0.340 e. The van der Waals surface area contributed by atoms with Crippen molar-refractivity contribution in [3.8, 4) is 0 Å². The first-order chi connectivity index (χ1) is 25.7. The van der Waals surface area contributed by atoms with E-state index in [0.29, 0.717) is 85.0 Å². The highest BCUT2D eigenvalue weighted by Gasteiger charge is 2.31. The number of ether oxygens (including phenoxy) is 3. The molecule has 18 nitrogen and oxygen atoms in total. The quantitative estimate of drug-likeness (QED) is 0.0568. The van der Waals surface area contributed by atoms with Crippen molar-refractivity contribution in [2.45, 2.75) is 74.1 Å². The minimum atomic E-state index is -3.49. The van der Waals surface area contributed by atoms with Gasteiger partial charge in [-0.1, -0.05) is 6.92 Å². The van der Waals surface area contributed by atoms with E-state index in [2.05, 4.69) is 16.0 Å². The average Bonchev–Trinajstić information content (AvgIpc) is 3.09. The highest BCUT2D eigenvalue weighted by atomic mass is 31.2. The SMILES string of the molecule is CCOP(=O)(CC(=O)NCCCOCC(CC)(COCCCNC(=O)CP(=O)(OCC)OCC)COCCCNC(=O)CP(=O)(OCC)OCC)OCC. The van der Waals surface area contributed by atoms with Crippen LogP contribution in [0.25, 0.3) is 0 Å². The Bertz CT molecular complexity index is 1020. The molecule has 21 heteroatoms. The van der Waals surface area contributed by atoms with Crippen molar-refractivity contribution in [1.82, 2.24) is 16.0 Å². The lowest BCUT2D eigenvalue weighted by atomic mass is 9.88. The molecule has 0 heterocycles. The number of hydrogen-bond donors (Lipinski definition) is 3. The van der Waals surface area contributed by atoms with Gasteiger partial charge in [-0.15, -0.1) is 0 Å². The molecule has 0 fully saturated rings. The van der Waals surface area contributed by atoms with Gasteiger partial charge in [0.25, 0.3) is 0 Å². The van der Waals surface area contributed by atoms with Gasteiger partial charge in [0, 0.05) is 44.9 Å². The standard InChI is InChI=1S/C33H68N3O15P3/c1-8-33(27-43-21-15-18-34-30(37)24-52(40,46-9-2)47-10-3,28-44-22-16-19-35-31(38)25-53(41,48-11-4)49-12-5)29-45-23-17-20-36-32(39)26-54(42,50-13-6)51-14-7/h8-29H2,1-7H3,(H,34,37)(H,35,38)(H,36,39). The normalized spacial score (nSPS) is 12.5. The molecule has 0 spiro atoms. The third-order valence-corrected chi connectivity index (χ3v) is 13.2. The minimum absolute atomic E-state index is 0.167. The van der Waals surface area contributed by atoms with Crippen molar-refractivity contribution in [1.29, 1.82) is 0 Å². The van der Waals surface area contributed by atoms with Gasteiger partial charge >= 0.3 is 22.8 Å². The minimum Gasteiger partial charge on any atom is -0.381 e. The number of hydrogen-bond acceptors (Lipinski definition) is 15. The van der Waals surface area contributed by atoms with Gasteiger partial charge in [-0.25, -0.2) is 0 Å². The molecule has 0 rings (SSSR count). The van der Waals surface area contributed by atoms with Gasteiger partial charge < -0.3 is 57.3 Å². The molecule has 0 radical (unpaired) electrons. The Balaban J connectivity index is 5.02. The Hall–Kier alpha value is -1.26. The summed E-state index contributed by atoms with van der Waals surface area (Å²) in [7, 11) is -10.5. The lowest BCUT2D eigenvalue weighted by molar-refractivity contribution is -0.119. The van der Waals surface area contributed by atoms with Gasteiger partial charge in [-0.2, -0.15) is 0 Å². The van der Waals surface area contributed by atoms with Crippen molar-refractivity contribution >= 4 is 40.5 Å². The first kappa shape index (κ1) is 52.7. The van der Waals surface area contributed by atoms with Crippen LogP contribution in [0.15, 0.2) is 0 Å². The van der Waals surface area contributed by atoms with Gasteiger partial charge in [0.2, 0.25) is 17.7 Å². The molecule has 0 aliphatic heterocycles. The molecule has 0 unspecified atom stereocenters. The van der Waals surface area contributed by atoms with Crippen LogP contribution in [0.1, 0.15) is 74.1 Å². The number of nitrogens with one attached hydrogen (secondary N) is 3. The fourth-order valence-corrected chi connectivity index (χ4v) is 9.29. The van der Waals surface area contributed by atoms with Gasteiger partial charge in [0.15, 0.2) is 0 Å². The molecule has 0 aliphatic rings. The van der Waals surface area contributed by atoms with Crippen LogP contribution < -0.4 is 16.0 Å². The molecule has 0 aromatic carbocycles. The molecular weight excluding hydrogens is 771 g/mol. The molecule has 54 heavy (non-hydrogen) atoms. The van der Waals surface area contributed by atoms with Crippen LogP contribution in [-0.2, 0) is 69.4 Å². The molecule has 0 saturated carbocycles. The molecule has 0 aromatic heterocycles. The lowest BCUT2D eigenvalue weighted by Gasteiger charge is -2.32. The van der Waals surface area contributed by atoms with Crippen molar-refractivity contribution in [3.63, 3.8) is 0 Å². The van der Waals surface area contributed by atoms with E-state index in [1.54, 1.807) is 41.5 Å². The van der Waals surface area contributed by atoms with E-state index in [1.807, 2.05) is 6.92 Å². The van der Waals surface area contributed by atoms with Crippen molar-refractivity contribution in [3.05, 3.63) is 0 Å². The molecule has 0 atom stereocenters. The molecular formula is C33H68N3O15P3. The first-order valence-corrected chi connectivity index (χ1v) is 24.1. The largest absolute Gasteiger partial charge is 0.381 e. The van der Waals surface area contributed by atoms with Crippen molar-refractivity contribution in [2.75, 3.05) is 117 Å². The summed E-state index contributed by atoms with van der Waals surface area (Å²) in [4.78, 5) is 37.0. The number of carbonyl (C=O) groups excluding carboxylic acids is 3. The van der Waals surface area contributed by atoms with Crippen LogP contribution in [0.4, 0.5) is 0 Å². The van der Waals surface area contributed by atoms with E-state index in [-0.39, 0.29) is 58.1 Å². The van der Waals surface area contributed by atoms with Gasteiger partial charge in [-0.05, 0) is 67.2 Å². The van der Waals surface area contributed by atoms with Crippen LogP contribution in [0.2, 0.25) is 0 Å². The van der Waals surface area contributed by atoms with Crippen molar-refractivity contribution < 1.29 is 69.4 Å². The molecule has 0 aromatic rings. The highest BCUT2D eigenvalue weighted by Crippen LogP contribution is 2.49. The molecule has 320 valence electrons. The Morgan fingerprint density at radius 2 is 0.685 bits per heavy atom. The Morgan fingerprint density at radius 3 is 0.889 bits per heavy atom. The summed E-state index contributed by atoms with van der Waals surface area (Å²) in [6.07, 6.45) is 1.06. The second kappa shape index (κ2) is 30.8. The number of amides is 3. The second-order valence-electron chi connectivity index (χ2n) is 11.9. The summed E-state index contributed by atoms with van der Waals surface area (Å²) in [5, 5.41) is 8.16. The first-order valence-electron chi connectivity index (χ1n) is 18.9. The lowest BCUT2D eigenvalue weighted by Crippen LogP contribution is -2.38. The Kier molecular flexibility index (Phi) is 30.1. The topological polar surface area (TPSA) is 222 Å². The van der Waals surface area contributed by atoms with E-state index in [9.17, 15) is 28.1 Å². The Labute approximate surface area is 322 Å². The van der Waals surface area contributed by atoms with E-state index < -0.39 is 45.9 Å². The van der Waals surface area contributed by atoms with Gasteiger partial charge in [-0.3, -0.25) is 28.1 Å². The van der Waals surface area contributed by atoms with Gasteiger partial charge in [0.1, 0.15) is 18.5 Å². The monoisotopic (exact) mass is 839 g/mol. The average molecular weight is 840 g/mol. The van der Waals surface area contributed by atoms with Crippen LogP contribution in [-0.4, -0.2) is 135 Å². The zero-order valence-electron chi connectivity index (χ0n) is 33.5. The summed E-state index contributed by atoms with van der Waals surface area (Å²) in [5.41, 5.74) is -0.527. The van der Waals surface area contributed by atoms with E-state index >= 15 is 0 Å². The summed E-state index contributed by atoms with van der Waals surface area (Å²) < 4.78 is 86.9. The summed E-state index contributed by atoms with van der Waals surface area (Å²) >= 11 is 0. The molecule has 0 saturated heterocycles. The third kappa shape index (κ3) is 25.1. The van der Waals surface area contributed by atoms with E-state index in [0.717, 1.165) is 0 Å². The predicted octanol–water partition coefficient (Wildman–Crippen LogP) is 4.75. The number of carbonyl (C=O) groups is 3. The van der Waals surface area contributed by atoms with Crippen LogP contribution in [0, 0.1) is 5.41 Å². The predicted molar refractivity (Wildman–Crippen MR) is 205 cm³/mol. The van der Waals surface area contributed by atoms with Crippen molar-refractivity contribution in [2.24, 2.45) is 5.41 Å². The molecule has 0 bridgehead atoms. The van der Waals surface area contributed by atoms with Crippen LogP contribution in [0.3, 0.4) is 0 Å². The molecule has 0 aliphatic carbocycles. The highest BCUT2D eigenvalue weighted by molar-refractivity contribution is 7.55. The molecule has 3 amide bonds. The molecule has 3 N–H and O–H groups in total. The second-order valence-corrected chi connectivity index (χ2v) is 18.1. The fraction of sp³-hybridized carbons (Fsp3) is 0.909. The van der Waals surface area contributed by atoms with Gasteiger partial charge in [0.05, 0.1) is 59.5 Å². The van der Waals surface area contributed by atoms with Crippen LogP contribution >= 0.6 is 22.8 Å². The summed E-state index contributed by atoms with van der Waals surface area (Å²) in [5.74, 6) is -1.31. The summed E-state index contributed by atoms with van der Waals surface area (Å²) in [6.45, 7) is 15.9. The maximum Gasteiger partial charge on any atom is 0.340 e.